The summed E-state index contributed by atoms with van der Waals surface area (Å²) < 4.78 is 13.7. The van der Waals surface area contributed by atoms with Gasteiger partial charge in [-0.25, -0.2) is 4.39 Å². The van der Waals surface area contributed by atoms with E-state index in [1.54, 1.807) is 12.1 Å². The average Bonchev–Trinajstić information content (AvgIpc) is 2.89. The molecule has 0 saturated carbocycles. The molecule has 0 aliphatic carbocycles. The molecule has 0 atom stereocenters. The molecule has 1 amide bonds. The molecule has 0 unspecified atom stereocenters. The second-order valence-corrected chi connectivity index (χ2v) is 5.14. The third-order valence-corrected chi connectivity index (χ3v) is 3.41. The zero-order valence-corrected chi connectivity index (χ0v) is 12.3. The van der Waals surface area contributed by atoms with E-state index in [4.69, 9.17) is 0 Å². The number of rotatable bonds is 4. The number of Topliss-reactive ketones (excluding diaryl/α,β-unsaturated/α-hetero) is 1. The van der Waals surface area contributed by atoms with Crippen molar-refractivity contribution in [2.75, 3.05) is 0 Å². The Balaban J connectivity index is 2.00. The lowest BCUT2D eigenvalue weighted by Crippen LogP contribution is -2.23. The van der Waals surface area contributed by atoms with Gasteiger partial charge in [-0.1, -0.05) is 6.07 Å². The molecule has 2 N–H and O–H groups in total. The van der Waals surface area contributed by atoms with E-state index in [1.165, 1.54) is 25.3 Å². The van der Waals surface area contributed by atoms with Gasteiger partial charge in [-0.15, -0.1) is 0 Å². The fourth-order valence-electron chi connectivity index (χ4n) is 1.66. The van der Waals surface area contributed by atoms with E-state index in [-0.39, 0.29) is 24.1 Å². The molecule has 0 aliphatic heterocycles. The highest BCUT2D eigenvalue weighted by Gasteiger charge is 2.10. The number of benzene rings is 1. The summed E-state index contributed by atoms with van der Waals surface area (Å²) in [6.07, 6.45) is 1.48. The van der Waals surface area contributed by atoms with Gasteiger partial charge in [-0.3, -0.25) is 9.59 Å². The SMILES string of the molecule is CC(=O)c1c[nH]c(C(=O)NCc2ccc(Br)c(F)c2)c1. The Morgan fingerprint density at radius 1 is 1.35 bits per heavy atom. The van der Waals surface area contributed by atoms with Crippen LogP contribution in [0, 0.1) is 5.82 Å². The van der Waals surface area contributed by atoms with Gasteiger partial charge in [0.2, 0.25) is 0 Å². The summed E-state index contributed by atoms with van der Waals surface area (Å²) >= 11 is 3.06. The summed E-state index contributed by atoms with van der Waals surface area (Å²) in [6, 6.07) is 6.13. The van der Waals surface area contributed by atoms with Crippen molar-refractivity contribution in [2.45, 2.75) is 13.5 Å². The van der Waals surface area contributed by atoms with Gasteiger partial charge >= 0.3 is 0 Å². The van der Waals surface area contributed by atoms with Crippen molar-refractivity contribution in [3.63, 3.8) is 0 Å². The van der Waals surface area contributed by atoms with Crippen LogP contribution in [0.3, 0.4) is 0 Å². The summed E-state index contributed by atoms with van der Waals surface area (Å²) in [5.41, 5.74) is 1.40. The van der Waals surface area contributed by atoms with Crippen LogP contribution in [0.4, 0.5) is 4.39 Å². The van der Waals surface area contributed by atoms with Crippen LogP contribution in [0.5, 0.6) is 0 Å². The lowest BCUT2D eigenvalue weighted by atomic mass is 10.2. The van der Waals surface area contributed by atoms with Gasteiger partial charge in [0, 0.05) is 18.3 Å². The molecular weight excluding hydrogens is 327 g/mol. The van der Waals surface area contributed by atoms with Crippen molar-refractivity contribution in [1.29, 1.82) is 0 Å². The van der Waals surface area contributed by atoms with Gasteiger partial charge in [-0.05, 0) is 46.6 Å². The third-order valence-electron chi connectivity index (χ3n) is 2.77. The number of halogens is 2. The molecule has 6 heteroatoms. The first-order valence-electron chi connectivity index (χ1n) is 5.89. The smallest absolute Gasteiger partial charge is 0.267 e. The minimum atomic E-state index is -0.379. The maximum absolute atomic E-state index is 13.3. The van der Waals surface area contributed by atoms with Crippen LogP contribution >= 0.6 is 15.9 Å². The number of amides is 1. The first-order chi connectivity index (χ1) is 9.47. The Morgan fingerprint density at radius 2 is 2.10 bits per heavy atom. The van der Waals surface area contributed by atoms with E-state index in [0.717, 1.165) is 0 Å². The fraction of sp³-hybridized carbons (Fsp3) is 0.143. The van der Waals surface area contributed by atoms with Crippen LogP contribution in [0.2, 0.25) is 0 Å². The highest BCUT2D eigenvalue weighted by molar-refractivity contribution is 9.10. The zero-order valence-electron chi connectivity index (χ0n) is 10.7. The predicted molar refractivity (Wildman–Crippen MR) is 76.1 cm³/mol. The third kappa shape index (κ3) is 3.33. The molecule has 0 spiro atoms. The minimum Gasteiger partial charge on any atom is -0.356 e. The molecule has 0 saturated heterocycles. The Kier molecular flexibility index (Phi) is 4.34. The van der Waals surface area contributed by atoms with Gasteiger partial charge in [0.05, 0.1) is 4.47 Å². The summed E-state index contributed by atoms with van der Waals surface area (Å²) in [7, 11) is 0. The van der Waals surface area contributed by atoms with Crippen LogP contribution in [0.25, 0.3) is 0 Å². The van der Waals surface area contributed by atoms with E-state index in [1.807, 2.05) is 0 Å². The van der Waals surface area contributed by atoms with E-state index < -0.39 is 0 Å². The molecule has 0 aliphatic rings. The molecule has 1 aromatic heterocycles. The molecule has 0 bridgehead atoms. The summed E-state index contributed by atoms with van der Waals surface area (Å²) in [4.78, 5) is 25.7. The lowest BCUT2D eigenvalue weighted by Gasteiger charge is -2.05. The van der Waals surface area contributed by atoms with E-state index in [2.05, 4.69) is 26.2 Å². The molecule has 0 fully saturated rings. The molecule has 2 aromatic rings. The monoisotopic (exact) mass is 338 g/mol. The van der Waals surface area contributed by atoms with Gasteiger partial charge in [0.25, 0.3) is 5.91 Å². The fourth-order valence-corrected chi connectivity index (χ4v) is 1.90. The number of H-pyrrole nitrogens is 1. The van der Waals surface area contributed by atoms with Crippen LogP contribution in [0.15, 0.2) is 34.9 Å². The maximum Gasteiger partial charge on any atom is 0.267 e. The first kappa shape index (κ1) is 14.5. The first-order valence-corrected chi connectivity index (χ1v) is 6.68. The second kappa shape index (κ2) is 6.00. The highest BCUT2D eigenvalue weighted by Crippen LogP contribution is 2.16. The summed E-state index contributed by atoms with van der Waals surface area (Å²) in [5, 5.41) is 2.65. The number of ketones is 1. The topological polar surface area (TPSA) is 62.0 Å². The van der Waals surface area contributed by atoms with Gasteiger partial charge in [0.1, 0.15) is 11.5 Å². The quantitative estimate of drug-likeness (QED) is 0.841. The van der Waals surface area contributed by atoms with Crippen molar-refractivity contribution in [2.24, 2.45) is 0 Å². The van der Waals surface area contributed by atoms with Crippen molar-refractivity contribution in [3.05, 3.63) is 57.6 Å². The number of aromatic nitrogens is 1. The predicted octanol–water partition coefficient (Wildman–Crippen LogP) is 3.05. The van der Waals surface area contributed by atoms with E-state index in [9.17, 15) is 14.0 Å². The van der Waals surface area contributed by atoms with Gasteiger partial charge in [0.15, 0.2) is 5.78 Å². The van der Waals surface area contributed by atoms with E-state index >= 15 is 0 Å². The Labute approximate surface area is 123 Å². The molecule has 0 radical (unpaired) electrons. The molecule has 1 aromatic carbocycles. The molecule has 104 valence electrons. The average molecular weight is 339 g/mol. The van der Waals surface area contributed by atoms with Crippen molar-refractivity contribution >= 4 is 27.6 Å². The van der Waals surface area contributed by atoms with Crippen LogP contribution in [0.1, 0.15) is 33.3 Å². The minimum absolute atomic E-state index is 0.115. The maximum atomic E-state index is 13.3. The number of hydrogen-bond donors (Lipinski definition) is 2. The van der Waals surface area contributed by atoms with Crippen molar-refractivity contribution in [1.82, 2.24) is 10.3 Å². The molecule has 4 nitrogen and oxygen atoms in total. The Bertz CT molecular complexity index is 667. The van der Waals surface area contributed by atoms with Crippen molar-refractivity contribution < 1.29 is 14.0 Å². The van der Waals surface area contributed by atoms with Crippen molar-refractivity contribution in [3.8, 4) is 0 Å². The standard InChI is InChI=1S/C14H12BrFN2O2/c1-8(19)10-5-13(17-7-10)14(20)18-6-9-2-3-11(15)12(16)4-9/h2-5,7,17H,6H2,1H3,(H,18,20). The van der Waals surface area contributed by atoms with Crippen LogP contribution in [-0.4, -0.2) is 16.7 Å². The molecule has 1 heterocycles. The largest absolute Gasteiger partial charge is 0.356 e. The summed E-state index contributed by atoms with van der Waals surface area (Å²) in [5.74, 6) is -0.841. The Hall–Kier alpha value is -1.95. The molecule has 2 rings (SSSR count). The number of carbonyl (C=O) groups excluding carboxylic acids is 2. The second-order valence-electron chi connectivity index (χ2n) is 4.29. The lowest BCUT2D eigenvalue weighted by molar-refractivity contribution is 0.0946. The number of aromatic amines is 1. The highest BCUT2D eigenvalue weighted by atomic mass is 79.9. The van der Waals surface area contributed by atoms with Crippen LogP contribution in [-0.2, 0) is 6.54 Å². The summed E-state index contributed by atoms with van der Waals surface area (Å²) in [6.45, 7) is 1.63. The molecule has 20 heavy (non-hydrogen) atoms. The molecular formula is C14H12BrFN2O2. The van der Waals surface area contributed by atoms with E-state index in [0.29, 0.717) is 21.3 Å². The van der Waals surface area contributed by atoms with Crippen LogP contribution < -0.4 is 5.32 Å². The normalized spacial score (nSPS) is 10.3. The van der Waals surface area contributed by atoms with Gasteiger partial charge in [-0.2, -0.15) is 0 Å². The zero-order chi connectivity index (χ0) is 14.7. The van der Waals surface area contributed by atoms with Gasteiger partial charge < -0.3 is 10.3 Å². The number of hydrogen-bond acceptors (Lipinski definition) is 2. The Morgan fingerprint density at radius 3 is 2.70 bits per heavy atom. The number of nitrogens with one attached hydrogen (secondary N) is 2. The number of carbonyl (C=O) groups is 2.